The lowest BCUT2D eigenvalue weighted by Crippen LogP contribution is -2.56. The van der Waals surface area contributed by atoms with Gasteiger partial charge in [0.1, 0.15) is 6.10 Å². The summed E-state index contributed by atoms with van der Waals surface area (Å²) in [5.74, 6) is -0.697. The topological polar surface area (TPSA) is 103 Å². The van der Waals surface area contributed by atoms with E-state index < -0.39 is 25.6 Å². The number of nitrogens with one attached hydrogen (secondary N) is 2. The van der Waals surface area contributed by atoms with E-state index in [2.05, 4.69) is 44.5 Å². The lowest BCUT2D eigenvalue weighted by atomic mass is 9.85. The molecule has 1 fully saturated rings. The van der Waals surface area contributed by atoms with E-state index in [1.54, 1.807) is 13.8 Å². The Balaban J connectivity index is 2.16. The van der Waals surface area contributed by atoms with Crippen molar-refractivity contribution >= 4 is 37.0 Å². The van der Waals surface area contributed by atoms with Crippen molar-refractivity contribution in [3.63, 3.8) is 0 Å². The molecule has 1 rings (SSSR count). The number of carbonyl (C=O) groups is 3. The maximum Gasteiger partial charge on any atom is 0.249 e. The molecular weight excluding hydrogens is 472 g/mol. The highest BCUT2D eigenvalue weighted by molar-refractivity contribution is 8.13. The molecule has 0 aromatic rings. The second-order valence-corrected chi connectivity index (χ2v) is 17.5. The molecule has 0 unspecified atom stereocenters. The van der Waals surface area contributed by atoms with Crippen molar-refractivity contribution in [2.45, 2.75) is 97.8 Å². The van der Waals surface area contributed by atoms with Crippen LogP contribution in [-0.2, 0) is 28.3 Å². The van der Waals surface area contributed by atoms with Crippen molar-refractivity contribution < 1.29 is 28.3 Å². The van der Waals surface area contributed by atoms with Crippen molar-refractivity contribution in [3.8, 4) is 0 Å². The number of hydrogen-bond acceptors (Lipinski definition) is 7. The normalized spacial score (nSPS) is 20.0. The van der Waals surface area contributed by atoms with Crippen molar-refractivity contribution in [2.24, 2.45) is 5.41 Å². The summed E-state index contributed by atoms with van der Waals surface area (Å²) in [6.45, 7) is 20.1. The van der Waals surface area contributed by atoms with Crippen LogP contribution in [0.3, 0.4) is 0 Å². The van der Waals surface area contributed by atoms with Gasteiger partial charge in [-0.2, -0.15) is 0 Å². The largest absolute Gasteiger partial charge is 0.417 e. The monoisotopic (exact) mass is 518 g/mol. The Morgan fingerprint density at radius 1 is 1.06 bits per heavy atom. The molecule has 0 aromatic carbocycles. The highest BCUT2D eigenvalue weighted by Crippen LogP contribution is 2.37. The zero-order valence-corrected chi connectivity index (χ0v) is 24.4. The smallest absolute Gasteiger partial charge is 0.249 e. The summed E-state index contributed by atoms with van der Waals surface area (Å²) < 4.78 is 17.5. The maximum absolute atomic E-state index is 12.6. The summed E-state index contributed by atoms with van der Waals surface area (Å²) in [6, 6.07) is 0. The van der Waals surface area contributed by atoms with Gasteiger partial charge < -0.3 is 24.5 Å². The van der Waals surface area contributed by atoms with Gasteiger partial charge in [0.05, 0.1) is 6.61 Å². The quantitative estimate of drug-likeness (QED) is 0.299. The number of ether oxygens (including phenoxy) is 2. The molecule has 0 saturated carbocycles. The summed E-state index contributed by atoms with van der Waals surface area (Å²) in [7, 11) is -1.77. The first-order valence-electron chi connectivity index (χ1n) is 12.1. The first-order chi connectivity index (χ1) is 15.5. The molecule has 8 nitrogen and oxygen atoms in total. The van der Waals surface area contributed by atoms with Gasteiger partial charge in [-0.3, -0.25) is 14.4 Å². The van der Waals surface area contributed by atoms with E-state index in [0.717, 1.165) is 6.42 Å². The van der Waals surface area contributed by atoms with E-state index in [1.807, 2.05) is 13.8 Å². The summed E-state index contributed by atoms with van der Waals surface area (Å²) in [5, 5.41) is 5.85. The van der Waals surface area contributed by atoms with Crippen LogP contribution in [0.4, 0.5) is 0 Å². The second-order valence-electron chi connectivity index (χ2n) is 11.5. The Bertz CT molecular complexity index is 706. The third kappa shape index (κ3) is 10.8. The Morgan fingerprint density at radius 3 is 2.32 bits per heavy atom. The summed E-state index contributed by atoms with van der Waals surface area (Å²) in [4.78, 5) is 36.6. The fourth-order valence-corrected chi connectivity index (χ4v) is 4.80. The van der Waals surface area contributed by atoms with E-state index in [1.165, 1.54) is 11.8 Å². The summed E-state index contributed by atoms with van der Waals surface area (Å²) >= 11 is 1.23. The number of carbonyl (C=O) groups excluding carboxylic acids is 3. The van der Waals surface area contributed by atoms with E-state index in [4.69, 9.17) is 13.9 Å². The summed E-state index contributed by atoms with van der Waals surface area (Å²) in [5.41, 5.74) is -0.456. The van der Waals surface area contributed by atoms with Crippen molar-refractivity contribution in [1.29, 1.82) is 0 Å². The number of hydrogen-bond donors (Lipinski definition) is 2. The fraction of sp³-hybridized carbons (Fsp3) is 0.875. The molecule has 1 atom stereocenters. The number of thioether (sulfide) groups is 1. The Hall–Kier alpha value is -0.943. The minimum Gasteiger partial charge on any atom is -0.417 e. The van der Waals surface area contributed by atoms with E-state index >= 15 is 0 Å². The predicted octanol–water partition coefficient (Wildman–Crippen LogP) is 3.85. The first-order valence-corrected chi connectivity index (χ1v) is 16.0. The van der Waals surface area contributed by atoms with E-state index in [0.29, 0.717) is 31.9 Å². The molecule has 1 saturated heterocycles. The molecule has 1 aliphatic heterocycles. The third-order valence-electron chi connectivity index (χ3n) is 6.27. The van der Waals surface area contributed by atoms with Crippen LogP contribution in [-0.4, -0.2) is 69.2 Å². The fourth-order valence-electron chi connectivity index (χ4n) is 2.99. The van der Waals surface area contributed by atoms with Gasteiger partial charge in [-0.05, 0) is 38.4 Å². The molecule has 0 bridgehead atoms. The molecule has 34 heavy (non-hydrogen) atoms. The SMILES string of the molecule is CC1(C)OCC(C)(C)[C@H](C(=O)NCCC(=O)NCCSC(=O)CCCO[Si](C)(C)C(C)(C)C)O1. The van der Waals surface area contributed by atoms with Crippen LogP contribution in [0.5, 0.6) is 0 Å². The highest BCUT2D eigenvalue weighted by atomic mass is 32.2. The average Bonchev–Trinajstić information content (AvgIpc) is 2.69. The minimum atomic E-state index is -1.77. The molecule has 1 heterocycles. The molecule has 0 spiro atoms. The van der Waals surface area contributed by atoms with E-state index in [-0.39, 0.29) is 34.9 Å². The molecule has 10 heteroatoms. The van der Waals surface area contributed by atoms with Crippen LogP contribution in [0.15, 0.2) is 0 Å². The Morgan fingerprint density at radius 2 is 1.71 bits per heavy atom. The van der Waals surface area contributed by atoms with Crippen molar-refractivity contribution in [1.82, 2.24) is 10.6 Å². The van der Waals surface area contributed by atoms with Crippen LogP contribution in [0.25, 0.3) is 0 Å². The molecular formula is C24H46N2O6SSi. The molecule has 2 amide bonds. The summed E-state index contributed by atoms with van der Waals surface area (Å²) in [6.07, 6.45) is 0.715. The second kappa shape index (κ2) is 12.8. The van der Waals surface area contributed by atoms with Gasteiger partial charge in [-0.1, -0.05) is 46.4 Å². The number of amides is 2. The average molecular weight is 519 g/mol. The van der Waals surface area contributed by atoms with Gasteiger partial charge in [0, 0.05) is 43.7 Å². The Kier molecular flexibility index (Phi) is 11.7. The maximum atomic E-state index is 12.6. The van der Waals surface area contributed by atoms with Crippen molar-refractivity contribution in [3.05, 3.63) is 0 Å². The van der Waals surface area contributed by atoms with Gasteiger partial charge in [0.15, 0.2) is 19.2 Å². The van der Waals surface area contributed by atoms with Crippen LogP contribution in [0.1, 0.15) is 67.7 Å². The van der Waals surface area contributed by atoms with Gasteiger partial charge in [-0.15, -0.1) is 0 Å². The minimum absolute atomic E-state index is 0.113. The van der Waals surface area contributed by atoms with Crippen LogP contribution in [0.2, 0.25) is 18.1 Å². The van der Waals surface area contributed by atoms with Gasteiger partial charge in [0.2, 0.25) is 11.8 Å². The van der Waals surface area contributed by atoms with Gasteiger partial charge in [0.25, 0.3) is 0 Å². The molecule has 2 N–H and O–H groups in total. The van der Waals surface area contributed by atoms with Gasteiger partial charge in [-0.25, -0.2) is 0 Å². The zero-order valence-electron chi connectivity index (χ0n) is 22.6. The van der Waals surface area contributed by atoms with Gasteiger partial charge >= 0.3 is 0 Å². The molecule has 0 aromatic heterocycles. The third-order valence-corrected chi connectivity index (χ3v) is 11.7. The first kappa shape index (κ1) is 31.1. The van der Waals surface area contributed by atoms with Crippen LogP contribution in [0, 0.1) is 5.41 Å². The Labute approximate surface area is 211 Å². The van der Waals surface area contributed by atoms with Crippen molar-refractivity contribution in [2.75, 3.05) is 32.1 Å². The standard InChI is InChI=1S/C24H46N2O6SSi/c1-22(2,3)34(8,9)31-15-10-11-19(28)33-16-14-25-18(27)12-13-26-21(29)20-23(4,5)17-30-24(6,7)32-20/h20H,10-17H2,1-9H3,(H,25,27)(H,26,29)/t20-/m0/s1. The van der Waals surface area contributed by atoms with Crippen LogP contribution < -0.4 is 10.6 Å². The lowest BCUT2D eigenvalue weighted by Gasteiger charge is -2.44. The molecule has 0 radical (unpaired) electrons. The lowest BCUT2D eigenvalue weighted by molar-refractivity contribution is -0.304. The molecule has 0 aliphatic carbocycles. The molecule has 198 valence electrons. The highest BCUT2D eigenvalue weighted by Gasteiger charge is 2.45. The van der Waals surface area contributed by atoms with Crippen LogP contribution >= 0.6 is 11.8 Å². The molecule has 1 aliphatic rings. The van der Waals surface area contributed by atoms with E-state index in [9.17, 15) is 14.4 Å². The number of rotatable bonds is 12. The zero-order chi connectivity index (χ0) is 26.2. The predicted molar refractivity (Wildman–Crippen MR) is 139 cm³/mol.